The first-order chi connectivity index (χ1) is 7.77. The third kappa shape index (κ3) is 4.44. The number of ether oxygens (including phenoxy) is 1. The third-order valence-electron chi connectivity index (χ3n) is 2.72. The lowest BCUT2D eigenvalue weighted by Crippen LogP contribution is -2.56. The number of hydrogen-bond acceptors (Lipinski definition) is 5. The number of hydrogen-bond donors (Lipinski definition) is 3. The fraction of sp³-hybridized carbons (Fsp3) is 0.900. The molecule has 0 aromatic rings. The molecule has 1 aliphatic rings. The average Bonchev–Trinajstić information content (AvgIpc) is 2.30. The van der Waals surface area contributed by atoms with Crippen molar-refractivity contribution in [3.63, 3.8) is 0 Å². The minimum atomic E-state index is 0.0393. The number of carbonyl (C=O) groups excluding carboxylic acids is 1. The van der Waals surface area contributed by atoms with Crippen molar-refractivity contribution >= 4 is 5.91 Å². The lowest BCUT2D eigenvalue weighted by Gasteiger charge is -2.34. The summed E-state index contributed by atoms with van der Waals surface area (Å²) in [7, 11) is 1.62. The number of methoxy groups -OCH3 is 1. The molecule has 0 aliphatic carbocycles. The van der Waals surface area contributed by atoms with Gasteiger partial charge in [0.1, 0.15) is 0 Å². The highest BCUT2D eigenvalue weighted by atomic mass is 16.5. The second-order valence-electron chi connectivity index (χ2n) is 3.91. The number of nitrogens with one attached hydrogen (secondary N) is 2. The number of nitrogens with zero attached hydrogens (tertiary/aromatic N) is 1. The van der Waals surface area contributed by atoms with Gasteiger partial charge in [-0.3, -0.25) is 9.69 Å². The molecular formula is C10H22N4O2. The van der Waals surface area contributed by atoms with Crippen LogP contribution >= 0.6 is 0 Å². The van der Waals surface area contributed by atoms with Gasteiger partial charge in [-0.1, -0.05) is 0 Å². The maximum atomic E-state index is 11.6. The van der Waals surface area contributed by atoms with Crippen molar-refractivity contribution < 1.29 is 9.53 Å². The molecule has 0 saturated carbocycles. The summed E-state index contributed by atoms with van der Waals surface area (Å²) < 4.78 is 4.87. The van der Waals surface area contributed by atoms with E-state index in [-0.39, 0.29) is 11.9 Å². The lowest BCUT2D eigenvalue weighted by molar-refractivity contribution is -0.123. The summed E-state index contributed by atoms with van der Waals surface area (Å²) in [5.41, 5.74) is 5.66. The Labute approximate surface area is 96.5 Å². The molecular weight excluding hydrogens is 208 g/mol. The molecule has 0 bridgehead atoms. The molecule has 0 aromatic carbocycles. The van der Waals surface area contributed by atoms with Gasteiger partial charge >= 0.3 is 0 Å². The second-order valence-corrected chi connectivity index (χ2v) is 3.91. The van der Waals surface area contributed by atoms with Gasteiger partial charge in [0.05, 0.1) is 13.2 Å². The lowest BCUT2D eigenvalue weighted by atomic mass is 10.2. The van der Waals surface area contributed by atoms with Crippen LogP contribution in [0.25, 0.3) is 0 Å². The summed E-state index contributed by atoms with van der Waals surface area (Å²) in [4.78, 5) is 13.7. The normalized spacial score (nSPS) is 22.0. The molecule has 1 aliphatic heterocycles. The monoisotopic (exact) mass is 230 g/mol. The summed E-state index contributed by atoms with van der Waals surface area (Å²) >= 11 is 0. The Bertz CT molecular complexity index is 213. The van der Waals surface area contributed by atoms with Crippen LogP contribution in [0.1, 0.15) is 0 Å². The molecule has 1 amide bonds. The topological polar surface area (TPSA) is 79.6 Å². The van der Waals surface area contributed by atoms with Crippen molar-refractivity contribution in [3.05, 3.63) is 0 Å². The van der Waals surface area contributed by atoms with E-state index in [9.17, 15) is 4.79 Å². The standard InChI is InChI=1S/C10H22N4O2/c1-16-5-3-13-10(15)8-14-4-2-12-7-9(14)6-11/h9,12H,2-8,11H2,1H3,(H,13,15). The van der Waals surface area contributed by atoms with Gasteiger partial charge in [-0.05, 0) is 0 Å². The number of piperazine rings is 1. The molecule has 1 saturated heterocycles. The maximum absolute atomic E-state index is 11.6. The maximum Gasteiger partial charge on any atom is 0.234 e. The second kappa shape index (κ2) is 7.56. The summed E-state index contributed by atoms with van der Waals surface area (Å²) in [5, 5.41) is 6.08. The average molecular weight is 230 g/mol. The summed E-state index contributed by atoms with van der Waals surface area (Å²) in [6, 6.07) is 0.266. The van der Waals surface area contributed by atoms with Gasteiger partial charge in [0.25, 0.3) is 0 Å². The van der Waals surface area contributed by atoms with E-state index in [1.807, 2.05) is 0 Å². The zero-order valence-corrected chi connectivity index (χ0v) is 9.87. The van der Waals surface area contributed by atoms with Gasteiger partial charge < -0.3 is 21.1 Å². The van der Waals surface area contributed by atoms with Gasteiger partial charge in [-0.25, -0.2) is 0 Å². The fourth-order valence-electron chi connectivity index (χ4n) is 1.78. The molecule has 1 fully saturated rings. The third-order valence-corrected chi connectivity index (χ3v) is 2.72. The van der Waals surface area contributed by atoms with Crippen molar-refractivity contribution in [2.75, 3.05) is 53.0 Å². The minimum Gasteiger partial charge on any atom is -0.383 e. The van der Waals surface area contributed by atoms with E-state index >= 15 is 0 Å². The minimum absolute atomic E-state index is 0.0393. The first kappa shape index (κ1) is 13.4. The Balaban J connectivity index is 2.25. The van der Waals surface area contributed by atoms with Crippen LogP contribution in [0, 0.1) is 0 Å². The smallest absolute Gasteiger partial charge is 0.234 e. The largest absolute Gasteiger partial charge is 0.383 e. The molecule has 0 spiro atoms. The molecule has 1 unspecified atom stereocenters. The molecule has 6 nitrogen and oxygen atoms in total. The van der Waals surface area contributed by atoms with E-state index in [0.29, 0.717) is 26.2 Å². The van der Waals surface area contributed by atoms with Crippen LogP contribution in [-0.2, 0) is 9.53 Å². The molecule has 1 atom stereocenters. The molecule has 0 aromatic heterocycles. The van der Waals surface area contributed by atoms with Crippen molar-refractivity contribution in [2.45, 2.75) is 6.04 Å². The summed E-state index contributed by atoms with van der Waals surface area (Å²) in [6.07, 6.45) is 0. The molecule has 6 heteroatoms. The highest BCUT2D eigenvalue weighted by Crippen LogP contribution is 2.00. The van der Waals surface area contributed by atoms with Crippen LogP contribution in [0.3, 0.4) is 0 Å². The number of nitrogens with two attached hydrogens (primary N) is 1. The predicted octanol–water partition coefficient (Wildman–Crippen LogP) is -2.02. The SMILES string of the molecule is COCCNC(=O)CN1CCNCC1CN. The fourth-order valence-corrected chi connectivity index (χ4v) is 1.78. The number of amides is 1. The van der Waals surface area contributed by atoms with Gasteiger partial charge in [0, 0.05) is 45.9 Å². The van der Waals surface area contributed by atoms with E-state index in [4.69, 9.17) is 10.5 Å². The Hall–Kier alpha value is -0.690. The zero-order valence-electron chi connectivity index (χ0n) is 9.87. The molecule has 0 radical (unpaired) electrons. The Morgan fingerprint density at radius 3 is 3.19 bits per heavy atom. The van der Waals surface area contributed by atoms with Gasteiger partial charge in [-0.15, -0.1) is 0 Å². The summed E-state index contributed by atoms with van der Waals surface area (Å²) in [5.74, 6) is 0.0393. The molecule has 1 rings (SSSR count). The molecule has 16 heavy (non-hydrogen) atoms. The highest BCUT2D eigenvalue weighted by molar-refractivity contribution is 5.78. The van der Waals surface area contributed by atoms with Crippen LogP contribution in [0.15, 0.2) is 0 Å². The molecule has 4 N–H and O–H groups in total. The van der Waals surface area contributed by atoms with Crippen LogP contribution in [0.4, 0.5) is 0 Å². The predicted molar refractivity (Wildman–Crippen MR) is 62.2 cm³/mol. The first-order valence-electron chi connectivity index (χ1n) is 5.68. The van der Waals surface area contributed by atoms with Crippen LogP contribution < -0.4 is 16.4 Å². The first-order valence-corrected chi connectivity index (χ1v) is 5.68. The van der Waals surface area contributed by atoms with Crippen molar-refractivity contribution in [1.29, 1.82) is 0 Å². The Morgan fingerprint density at radius 1 is 1.69 bits per heavy atom. The van der Waals surface area contributed by atoms with Crippen molar-refractivity contribution in [2.24, 2.45) is 5.73 Å². The van der Waals surface area contributed by atoms with Crippen LogP contribution in [0.5, 0.6) is 0 Å². The van der Waals surface area contributed by atoms with Crippen molar-refractivity contribution in [1.82, 2.24) is 15.5 Å². The van der Waals surface area contributed by atoms with E-state index < -0.39 is 0 Å². The van der Waals surface area contributed by atoms with E-state index in [0.717, 1.165) is 19.6 Å². The quantitative estimate of drug-likeness (QED) is 0.459. The van der Waals surface area contributed by atoms with Gasteiger partial charge in [0.2, 0.25) is 5.91 Å². The van der Waals surface area contributed by atoms with Crippen LogP contribution in [-0.4, -0.2) is 69.8 Å². The van der Waals surface area contributed by atoms with E-state index in [2.05, 4.69) is 15.5 Å². The Morgan fingerprint density at radius 2 is 2.50 bits per heavy atom. The molecule has 1 heterocycles. The van der Waals surface area contributed by atoms with Gasteiger partial charge in [-0.2, -0.15) is 0 Å². The highest BCUT2D eigenvalue weighted by Gasteiger charge is 2.22. The zero-order chi connectivity index (χ0) is 11.8. The Kier molecular flexibility index (Phi) is 6.32. The van der Waals surface area contributed by atoms with Crippen LogP contribution in [0.2, 0.25) is 0 Å². The van der Waals surface area contributed by atoms with E-state index in [1.54, 1.807) is 7.11 Å². The number of carbonyl (C=O) groups is 1. The van der Waals surface area contributed by atoms with Gasteiger partial charge in [0.15, 0.2) is 0 Å². The summed E-state index contributed by atoms with van der Waals surface area (Å²) in [6.45, 7) is 4.78. The van der Waals surface area contributed by atoms with E-state index in [1.165, 1.54) is 0 Å². The van der Waals surface area contributed by atoms with Crippen molar-refractivity contribution in [3.8, 4) is 0 Å². The molecule has 94 valence electrons. The number of rotatable bonds is 6.